The highest BCUT2D eigenvalue weighted by Crippen LogP contribution is 2.14. The Labute approximate surface area is 103 Å². The van der Waals surface area contributed by atoms with Gasteiger partial charge in [0.25, 0.3) is 0 Å². The van der Waals surface area contributed by atoms with Gasteiger partial charge in [0.05, 0.1) is 18.3 Å². The minimum atomic E-state index is -0.148. The number of thiophene rings is 1. The summed E-state index contributed by atoms with van der Waals surface area (Å²) in [5.74, 6) is 0. The second-order valence-electron chi connectivity index (χ2n) is 3.86. The fraction of sp³-hybridized carbons (Fsp3) is 0.167. The first-order valence-corrected chi connectivity index (χ1v) is 6.23. The molecule has 1 aromatic heterocycles. The Morgan fingerprint density at radius 1 is 1.47 bits per heavy atom. The minimum absolute atomic E-state index is 0.0109. The van der Waals surface area contributed by atoms with E-state index in [4.69, 9.17) is 0 Å². The third kappa shape index (κ3) is 2.14. The lowest BCUT2D eigenvalue weighted by Crippen LogP contribution is -2.25. The van der Waals surface area contributed by atoms with Crippen molar-refractivity contribution in [3.05, 3.63) is 46.3 Å². The van der Waals surface area contributed by atoms with Gasteiger partial charge in [-0.1, -0.05) is 12.1 Å². The fourth-order valence-electron chi connectivity index (χ4n) is 1.81. The highest BCUT2D eigenvalue weighted by atomic mass is 32.1. The molecule has 5 heteroatoms. The first-order chi connectivity index (χ1) is 8.31. The van der Waals surface area contributed by atoms with Gasteiger partial charge in [0, 0.05) is 10.6 Å². The zero-order valence-electron chi connectivity index (χ0n) is 9.01. The maximum Gasteiger partial charge on any atom is 0.319 e. The average molecular weight is 245 g/mol. The number of allylic oxidation sites excluding steroid dienone is 2. The molecule has 17 heavy (non-hydrogen) atoms. The van der Waals surface area contributed by atoms with Crippen molar-refractivity contribution in [3.63, 3.8) is 0 Å². The van der Waals surface area contributed by atoms with E-state index in [1.165, 1.54) is 4.88 Å². The van der Waals surface area contributed by atoms with Gasteiger partial charge in [-0.25, -0.2) is 4.79 Å². The van der Waals surface area contributed by atoms with Crippen LogP contribution < -0.4 is 10.6 Å². The molecule has 0 spiro atoms. The summed E-state index contributed by atoms with van der Waals surface area (Å²) >= 11 is 1.70. The maximum atomic E-state index is 11.1. The van der Waals surface area contributed by atoms with Gasteiger partial charge >= 0.3 is 6.03 Å². The fourth-order valence-corrected chi connectivity index (χ4v) is 2.44. The number of carbonyl (C=O) groups is 1. The lowest BCUT2D eigenvalue weighted by molar-refractivity contribution is 0.248. The average Bonchev–Trinajstić information content (AvgIpc) is 2.92. The molecule has 0 radical (unpaired) electrons. The zero-order valence-corrected chi connectivity index (χ0v) is 9.83. The molecule has 1 aliphatic carbocycles. The van der Waals surface area contributed by atoms with E-state index in [0.717, 1.165) is 11.4 Å². The molecule has 2 N–H and O–H groups in total. The normalized spacial score (nSPS) is 24.2. The van der Waals surface area contributed by atoms with Gasteiger partial charge in [-0.05, 0) is 23.6 Å². The van der Waals surface area contributed by atoms with E-state index in [1.54, 1.807) is 11.3 Å². The molecule has 2 heterocycles. The maximum absolute atomic E-state index is 11.1. The van der Waals surface area contributed by atoms with Crippen LogP contribution in [0.2, 0.25) is 0 Å². The number of nitrogens with one attached hydrogen (secondary N) is 2. The summed E-state index contributed by atoms with van der Waals surface area (Å²) in [5.41, 5.74) is 1.77. The third-order valence-corrected chi connectivity index (χ3v) is 3.50. The van der Waals surface area contributed by atoms with Gasteiger partial charge in [0.15, 0.2) is 0 Å². The lowest BCUT2D eigenvalue weighted by Gasteiger charge is -2.10. The van der Waals surface area contributed by atoms with Crippen LogP contribution >= 0.6 is 11.3 Å². The molecule has 3 rings (SSSR count). The van der Waals surface area contributed by atoms with Crippen molar-refractivity contribution < 1.29 is 4.79 Å². The summed E-state index contributed by atoms with van der Waals surface area (Å²) in [6.07, 6.45) is 5.80. The van der Waals surface area contributed by atoms with E-state index >= 15 is 0 Å². The summed E-state index contributed by atoms with van der Waals surface area (Å²) < 4.78 is 0. The Balaban J connectivity index is 1.75. The number of urea groups is 1. The predicted octanol–water partition coefficient (Wildman–Crippen LogP) is 1.82. The van der Waals surface area contributed by atoms with Crippen LogP contribution in [-0.2, 0) is 6.54 Å². The Hall–Kier alpha value is -1.88. The highest BCUT2D eigenvalue weighted by molar-refractivity contribution is 7.09. The molecule has 0 saturated carbocycles. The molecule has 4 nitrogen and oxygen atoms in total. The van der Waals surface area contributed by atoms with Crippen LogP contribution in [-0.4, -0.2) is 17.8 Å². The number of rotatable bonds is 2. The van der Waals surface area contributed by atoms with Gasteiger partial charge in [-0.2, -0.15) is 0 Å². The number of hydrogen-bond donors (Lipinski definition) is 2. The van der Waals surface area contributed by atoms with Gasteiger partial charge in [0.2, 0.25) is 0 Å². The summed E-state index contributed by atoms with van der Waals surface area (Å²) in [4.78, 5) is 16.9. The van der Waals surface area contributed by atoms with Crippen LogP contribution in [0.3, 0.4) is 0 Å². The number of fused-ring (bicyclic) bond motifs is 1. The first kappa shape index (κ1) is 10.3. The van der Waals surface area contributed by atoms with E-state index in [-0.39, 0.29) is 12.1 Å². The van der Waals surface area contributed by atoms with Crippen molar-refractivity contribution in [1.29, 1.82) is 0 Å². The molecular weight excluding hydrogens is 234 g/mol. The second kappa shape index (κ2) is 4.18. The van der Waals surface area contributed by atoms with Crippen molar-refractivity contribution in [2.45, 2.75) is 12.6 Å². The molecule has 1 aliphatic heterocycles. The van der Waals surface area contributed by atoms with E-state index in [2.05, 4.69) is 21.7 Å². The number of nitrogens with zero attached hydrogens (tertiary/aromatic N) is 1. The molecule has 1 fully saturated rings. The number of aliphatic imine (C=N–C) groups is 1. The molecule has 0 bridgehead atoms. The quantitative estimate of drug-likeness (QED) is 0.820. The molecule has 86 valence electrons. The van der Waals surface area contributed by atoms with E-state index in [1.807, 2.05) is 29.7 Å². The Kier molecular flexibility index (Phi) is 2.53. The summed E-state index contributed by atoms with van der Waals surface area (Å²) in [7, 11) is 0. The van der Waals surface area contributed by atoms with Crippen LogP contribution in [0, 0.1) is 0 Å². The molecule has 1 aromatic rings. The van der Waals surface area contributed by atoms with Gasteiger partial charge in [0.1, 0.15) is 0 Å². The second-order valence-corrected chi connectivity index (χ2v) is 4.89. The Morgan fingerprint density at radius 3 is 3.24 bits per heavy atom. The Morgan fingerprint density at radius 2 is 2.41 bits per heavy atom. The monoisotopic (exact) mass is 245 g/mol. The molecule has 1 saturated heterocycles. The van der Waals surface area contributed by atoms with E-state index in [9.17, 15) is 4.79 Å². The smallest absolute Gasteiger partial charge is 0.319 e. The summed E-state index contributed by atoms with van der Waals surface area (Å²) in [6, 6.07) is 3.93. The summed E-state index contributed by atoms with van der Waals surface area (Å²) in [6.45, 7) is 0.688. The van der Waals surface area contributed by atoms with Crippen molar-refractivity contribution in [2.75, 3.05) is 0 Å². The predicted molar refractivity (Wildman–Crippen MR) is 68.1 cm³/mol. The van der Waals surface area contributed by atoms with Crippen molar-refractivity contribution in [2.24, 2.45) is 4.99 Å². The van der Waals surface area contributed by atoms with Crippen molar-refractivity contribution >= 4 is 23.1 Å². The molecule has 1 unspecified atom stereocenters. The van der Waals surface area contributed by atoms with Gasteiger partial charge < -0.3 is 10.6 Å². The van der Waals surface area contributed by atoms with Crippen molar-refractivity contribution in [3.8, 4) is 0 Å². The standard InChI is InChI=1S/C12H11N3OS/c16-12-14-10-4-3-8(6-11(10)15-12)13-7-9-2-1-5-17-9/h1-6,10H,7H2,(H2,14,15,16). The van der Waals surface area contributed by atoms with Crippen LogP contribution in [0.1, 0.15) is 4.88 Å². The number of carbonyl (C=O) groups excluding carboxylic acids is 1. The topological polar surface area (TPSA) is 53.5 Å². The van der Waals surface area contributed by atoms with Crippen molar-refractivity contribution in [1.82, 2.24) is 10.6 Å². The molecule has 2 aliphatic rings. The SMILES string of the molecule is O=C1NC2=CC(=NCc3cccs3)C=CC2N1. The van der Waals surface area contributed by atoms with Crippen LogP contribution in [0.25, 0.3) is 0 Å². The number of amides is 2. The number of hydrogen-bond acceptors (Lipinski definition) is 3. The summed E-state index contributed by atoms with van der Waals surface area (Å²) in [5, 5.41) is 7.59. The lowest BCUT2D eigenvalue weighted by atomic mass is 10.1. The van der Waals surface area contributed by atoms with Gasteiger partial charge in [-0.15, -0.1) is 11.3 Å². The molecule has 0 aromatic carbocycles. The van der Waals surface area contributed by atoms with Gasteiger partial charge in [-0.3, -0.25) is 4.99 Å². The minimum Gasteiger partial charge on any atom is -0.326 e. The molecule has 1 atom stereocenters. The highest BCUT2D eigenvalue weighted by Gasteiger charge is 2.25. The van der Waals surface area contributed by atoms with E-state index in [0.29, 0.717) is 6.54 Å². The molecule has 2 amide bonds. The van der Waals surface area contributed by atoms with Crippen LogP contribution in [0.15, 0.2) is 46.4 Å². The van der Waals surface area contributed by atoms with E-state index < -0.39 is 0 Å². The van der Waals surface area contributed by atoms with Crippen LogP contribution in [0.4, 0.5) is 4.79 Å². The first-order valence-electron chi connectivity index (χ1n) is 5.35. The third-order valence-electron chi connectivity index (χ3n) is 2.64. The largest absolute Gasteiger partial charge is 0.326 e. The van der Waals surface area contributed by atoms with Crippen LogP contribution in [0.5, 0.6) is 0 Å². The Bertz CT molecular complexity index is 528. The zero-order chi connectivity index (χ0) is 11.7. The molecular formula is C12H11N3OS.